The molecule has 0 spiro atoms. The molecule has 4 aromatic rings. The number of rotatable bonds is 8. The van der Waals surface area contributed by atoms with E-state index < -0.39 is 28.3 Å². The van der Waals surface area contributed by atoms with E-state index in [2.05, 4.69) is 28.0 Å². The van der Waals surface area contributed by atoms with Gasteiger partial charge in [-0.25, -0.2) is 22.6 Å². The number of fused-ring (bicyclic) bond motifs is 3. The molecule has 0 bridgehead atoms. The minimum atomic E-state index is -4.13. The molecule has 2 N–H and O–H groups in total. The molecular formula is C34H30F2N4O3S. The van der Waals surface area contributed by atoms with Gasteiger partial charge in [-0.05, 0) is 96.6 Å². The first-order valence-electron chi connectivity index (χ1n) is 14.2. The summed E-state index contributed by atoms with van der Waals surface area (Å²) in [7, 11) is -4.13. The number of anilines is 2. The fraction of sp³-hybridized carbons (Fsp3) is 0.176. The smallest absolute Gasteiger partial charge is 0.264 e. The van der Waals surface area contributed by atoms with Crippen LogP contribution in [0.3, 0.4) is 0 Å². The summed E-state index contributed by atoms with van der Waals surface area (Å²) < 4.78 is 55.0. The number of amides is 1. The van der Waals surface area contributed by atoms with Crippen LogP contribution < -0.4 is 15.0 Å². The second-order valence-electron chi connectivity index (χ2n) is 10.9. The van der Waals surface area contributed by atoms with Crippen LogP contribution in [0.1, 0.15) is 42.0 Å². The Bertz CT molecular complexity index is 1840. The lowest BCUT2D eigenvalue weighted by atomic mass is 9.76. The van der Waals surface area contributed by atoms with Gasteiger partial charge in [0.05, 0.1) is 22.3 Å². The Labute approximate surface area is 255 Å². The molecule has 44 heavy (non-hydrogen) atoms. The Morgan fingerprint density at radius 3 is 2.34 bits per heavy atom. The van der Waals surface area contributed by atoms with E-state index in [1.54, 1.807) is 25.1 Å². The van der Waals surface area contributed by atoms with Gasteiger partial charge in [-0.3, -0.25) is 9.10 Å². The highest BCUT2D eigenvalue weighted by molar-refractivity contribution is 7.92. The van der Waals surface area contributed by atoms with E-state index in [9.17, 15) is 22.0 Å². The van der Waals surface area contributed by atoms with Gasteiger partial charge in [0.2, 0.25) is 0 Å². The Kier molecular flexibility index (Phi) is 8.01. The first-order chi connectivity index (χ1) is 21.2. The predicted molar refractivity (Wildman–Crippen MR) is 167 cm³/mol. The fourth-order valence-corrected chi connectivity index (χ4v) is 7.28. The summed E-state index contributed by atoms with van der Waals surface area (Å²) in [5.41, 5.74) is 7.09. The van der Waals surface area contributed by atoms with Crippen molar-refractivity contribution in [2.24, 2.45) is 11.0 Å². The third-order valence-corrected chi connectivity index (χ3v) is 9.88. The molecule has 6 rings (SSSR count). The maximum absolute atomic E-state index is 13.6. The molecule has 10 heteroatoms. The molecule has 1 aliphatic heterocycles. The molecule has 0 aromatic heterocycles. The molecular weight excluding hydrogens is 582 g/mol. The highest BCUT2D eigenvalue weighted by Gasteiger charge is 2.38. The Morgan fingerprint density at radius 1 is 0.955 bits per heavy atom. The minimum Gasteiger partial charge on any atom is -0.378 e. The van der Waals surface area contributed by atoms with Crippen LogP contribution in [0.25, 0.3) is 0 Å². The van der Waals surface area contributed by atoms with E-state index in [4.69, 9.17) is 0 Å². The SMILES string of the molecule is CC(=NNC(=O)CN(c1ccc(F)cc1)S(=O)(=O)c1ccccc1)c1ccc2c(c1)[C@@H]1C=CC[C@@H]1[C@H](c1ccc(F)cc1)N2. The summed E-state index contributed by atoms with van der Waals surface area (Å²) in [5, 5.41) is 7.91. The van der Waals surface area contributed by atoms with Crippen molar-refractivity contribution in [2.45, 2.75) is 30.2 Å². The summed E-state index contributed by atoms with van der Waals surface area (Å²) in [5.74, 6) is -1.02. The van der Waals surface area contributed by atoms with Crippen molar-refractivity contribution in [3.63, 3.8) is 0 Å². The number of hydrogen-bond acceptors (Lipinski definition) is 5. The van der Waals surface area contributed by atoms with Crippen molar-refractivity contribution < 1.29 is 22.0 Å². The molecule has 3 atom stereocenters. The van der Waals surface area contributed by atoms with E-state index in [0.717, 1.165) is 45.2 Å². The molecule has 224 valence electrons. The molecule has 1 aliphatic carbocycles. The van der Waals surface area contributed by atoms with Gasteiger partial charge in [-0.2, -0.15) is 5.10 Å². The molecule has 4 aromatic carbocycles. The second-order valence-corrected chi connectivity index (χ2v) is 12.7. The number of hydrazone groups is 1. The van der Waals surface area contributed by atoms with Crippen molar-refractivity contribution in [1.29, 1.82) is 0 Å². The van der Waals surface area contributed by atoms with Crippen molar-refractivity contribution in [3.05, 3.63) is 138 Å². The van der Waals surface area contributed by atoms with Crippen molar-refractivity contribution in [3.8, 4) is 0 Å². The van der Waals surface area contributed by atoms with Crippen LogP contribution in [-0.2, 0) is 14.8 Å². The summed E-state index contributed by atoms with van der Waals surface area (Å²) >= 11 is 0. The number of carbonyl (C=O) groups excluding carboxylic acids is 1. The third-order valence-electron chi connectivity index (χ3n) is 8.09. The summed E-state index contributed by atoms with van der Waals surface area (Å²) in [6.07, 6.45) is 5.27. The standard InChI is InChI=1S/C34H30F2N4O3S/c1-22(24-12-19-32-31(20-24)29-8-5-9-30(29)34(37-32)23-10-13-25(35)14-11-23)38-39-33(41)21-40(27-17-15-26(36)16-18-27)44(42,43)28-6-3-2-4-7-28/h2-8,10-20,29-30,34,37H,9,21H2,1H3,(H,39,41)/t29-,30+,34+/m1/s1. The lowest BCUT2D eigenvalue weighted by Gasteiger charge is -2.37. The average Bonchev–Trinajstić information content (AvgIpc) is 3.54. The van der Waals surface area contributed by atoms with Crippen molar-refractivity contribution >= 4 is 33.0 Å². The number of hydrogen-bond donors (Lipinski definition) is 2. The lowest BCUT2D eigenvalue weighted by Crippen LogP contribution is -2.39. The van der Waals surface area contributed by atoms with Crippen LogP contribution in [0.15, 0.2) is 119 Å². The second kappa shape index (κ2) is 12.0. The largest absolute Gasteiger partial charge is 0.378 e. The minimum absolute atomic E-state index is 0.000379. The number of sulfonamides is 1. The van der Waals surface area contributed by atoms with Crippen LogP contribution in [-0.4, -0.2) is 26.6 Å². The summed E-state index contributed by atoms with van der Waals surface area (Å²) in [6.45, 7) is 1.20. The fourth-order valence-electron chi connectivity index (χ4n) is 5.84. The molecule has 0 saturated heterocycles. The molecule has 0 radical (unpaired) electrons. The van der Waals surface area contributed by atoms with Crippen LogP contribution in [0.4, 0.5) is 20.2 Å². The molecule has 1 heterocycles. The van der Waals surface area contributed by atoms with Crippen molar-refractivity contribution in [2.75, 3.05) is 16.2 Å². The van der Waals surface area contributed by atoms with Crippen LogP contribution in [0.2, 0.25) is 0 Å². The summed E-state index contributed by atoms with van der Waals surface area (Å²) in [6, 6.07) is 25.2. The Balaban J connectivity index is 1.21. The highest BCUT2D eigenvalue weighted by atomic mass is 32.2. The van der Waals surface area contributed by atoms with Gasteiger partial charge in [-0.1, -0.05) is 48.6 Å². The van der Waals surface area contributed by atoms with Gasteiger partial charge < -0.3 is 5.32 Å². The van der Waals surface area contributed by atoms with E-state index in [1.165, 1.54) is 36.4 Å². The quantitative estimate of drug-likeness (QED) is 0.135. The molecule has 1 amide bonds. The number of halogens is 2. The number of benzene rings is 4. The molecule has 0 fully saturated rings. The average molecular weight is 613 g/mol. The first kappa shape index (κ1) is 29.3. The summed E-state index contributed by atoms with van der Waals surface area (Å²) in [4.78, 5) is 13.0. The van der Waals surface area contributed by atoms with E-state index >= 15 is 0 Å². The van der Waals surface area contributed by atoms with Crippen LogP contribution in [0, 0.1) is 17.6 Å². The van der Waals surface area contributed by atoms with Gasteiger partial charge in [0.25, 0.3) is 15.9 Å². The predicted octanol–water partition coefficient (Wildman–Crippen LogP) is 6.53. The van der Waals surface area contributed by atoms with E-state index in [1.807, 2.05) is 30.3 Å². The van der Waals surface area contributed by atoms with Gasteiger partial charge >= 0.3 is 0 Å². The van der Waals surface area contributed by atoms with Crippen LogP contribution in [0.5, 0.6) is 0 Å². The van der Waals surface area contributed by atoms with Gasteiger partial charge in [0.1, 0.15) is 18.2 Å². The topological polar surface area (TPSA) is 90.9 Å². The maximum Gasteiger partial charge on any atom is 0.264 e. The van der Waals surface area contributed by atoms with E-state index in [-0.39, 0.29) is 34.3 Å². The third kappa shape index (κ3) is 5.85. The maximum atomic E-state index is 13.6. The highest BCUT2D eigenvalue weighted by Crippen LogP contribution is 2.50. The van der Waals surface area contributed by atoms with Crippen LogP contribution >= 0.6 is 0 Å². The van der Waals surface area contributed by atoms with E-state index in [0.29, 0.717) is 5.71 Å². The normalized spacial score (nSPS) is 19.1. The first-order valence-corrected chi connectivity index (χ1v) is 15.6. The molecule has 0 saturated carbocycles. The number of allylic oxidation sites excluding steroid dienone is 2. The lowest BCUT2D eigenvalue weighted by molar-refractivity contribution is -0.119. The van der Waals surface area contributed by atoms with Gasteiger partial charge in [-0.15, -0.1) is 0 Å². The molecule has 0 unspecified atom stereocenters. The molecule has 7 nitrogen and oxygen atoms in total. The zero-order chi connectivity index (χ0) is 30.8. The monoisotopic (exact) mass is 612 g/mol. The zero-order valence-electron chi connectivity index (χ0n) is 23.8. The zero-order valence-corrected chi connectivity index (χ0v) is 24.6. The van der Waals surface area contributed by atoms with Gasteiger partial charge in [0.15, 0.2) is 0 Å². The van der Waals surface area contributed by atoms with Crippen molar-refractivity contribution in [1.82, 2.24) is 5.43 Å². The van der Waals surface area contributed by atoms with Gasteiger partial charge in [0, 0.05) is 11.6 Å². The Hall–Kier alpha value is -4.83. The number of nitrogens with one attached hydrogen (secondary N) is 2. The number of carbonyl (C=O) groups is 1. The number of nitrogens with zero attached hydrogens (tertiary/aromatic N) is 2. The Morgan fingerprint density at radius 2 is 1.64 bits per heavy atom. The molecule has 2 aliphatic rings.